The summed E-state index contributed by atoms with van der Waals surface area (Å²) in [4.78, 5) is 12.8. The van der Waals surface area contributed by atoms with E-state index in [0.717, 1.165) is 19.3 Å². The van der Waals surface area contributed by atoms with E-state index >= 15 is 0 Å². The van der Waals surface area contributed by atoms with Gasteiger partial charge in [0.1, 0.15) is 5.78 Å². The van der Waals surface area contributed by atoms with Crippen molar-refractivity contribution in [2.45, 2.75) is 45.4 Å². The molecule has 0 atom stereocenters. The first-order valence-corrected chi connectivity index (χ1v) is 7.75. The number of hydrogen-bond donors (Lipinski definition) is 0. The summed E-state index contributed by atoms with van der Waals surface area (Å²) >= 11 is 0. The van der Waals surface area contributed by atoms with E-state index in [1.807, 2.05) is 0 Å². The highest BCUT2D eigenvalue weighted by atomic mass is 16.1. The summed E-state index contributed by atoms with van der Waals surface area (Å²) in [5.74, 6) is 0.453. The van der Waals surface area contributed by atoms with Gasteiger partial charge in [-0.25, -0.2) is 0 Å². The Morgan fingerprint density at radius 1 is 1.05 bits per heavy atom. The summed E-state index contributed by atoms with van der Waals surface area (Å²) in [5, 5.41) is 2.46. The summed E-state index contributed by atoms with van der Waals surface area (Å²) in [5.41, 5.74) is 1.16. The average Bonchev–Trinajstić information content (AvgIpc) is 2.98. The fraction of sp³-hybridized carbons (Fsp3) is 0.421. The lowest BCUT2D eigenvalue weighted by Gasteiger charge is -2.26. The van der Waals surface area contributed by atoms with E-state index in [2.05, 4.69) is 49.4 Å². The molecule has 3 rings (SSSR count). The van der Waals surface area contributed by atoms with Crippen molar-refractivity contribution < 1.29 is 4.79 Å². The monoisotopic (exact) mass is 266 g/mol. The first-order valence-electron chi connectivity index (χ1n) is 7.75. The fourth-order valence-corrected chi connectivity index (χ4v) is 3.69. The van der Waals surface area contributed by atoms with Gasteiger partial charge < -0.3 is 0 Å². The van der Waals surface area contributed by atoms with Gasteiger partial charge in [-0.3, -0.25) is 4.79 Å². The van der Waals surface area contributed by atoms with Crippen LogP contribution >= 0.6 is 0 Å². The highest BCUT2D eigenvalue weighted by molar-refractivity contribution is 5.93. The van der Waals surface area contributed by atoms with E-state index in [-0.39, 0.29) is 5.41 Å². The molecule has 2 aromatic carbocycles. The first-order chi connectivity index (χ1) is 9.75. The van der Waals surface area contributed by atoms with E-state index in [1.54, 1.807) is 0 Å². The zero-order valence-electron chi connectivity index (χ0n) is 12.2. The predicted molar refractivity (Wildman–Crippen MR) is 83.9 cm³/mol. The zero-order chi connectivity index (χ0) is 14.0. The van der Waals surface area contributed by atoms with Gasteiger partial charge in [0.15, 0.2) is 0 Å². The van der Waals surface area contributed by atoms with Crippen molar-refractivity contribution in [3.8, 4) is 0 Å². The van der Waals surface area contributed by atoms with E-state index in [1.165, 1.54) is 29.2 Å². The van der Waals surface area contributed by atoms with Crippen LogP contribution in [0.2, 0.25) is 0 Å². The summed E-state index contributed by atoms with van der Waals surface area (Å²) in [6.07, 6.45) is 6.20. The number of Topliss-reactive ketones (excluding diaryl/α,β-unsaturated/α-hetero) is 1. The van der Waals surface area contributed by atoms with Gasteiger partial charge in [-0.1, -0.05) is 62.2 Å². The van der Waals surface area contributed by atoms with E-state index in [4.69, 9.17) is 0 Å². The Morgan fingerprint density at radius 3 is 2.50 bits per heavy atom. The molecule has 0 bridgehead atoms. The molecule has 1 heteroatoms. The highest BCUT2D eigenvalue weighted by Gasteiger charge is 2.38. The molecule has 0 unspecified atom stereocenters. The zero-order valence-corrected chi connectivity index (χ0v) is 12.2. The maximum absolute atomic E-state index is 12.8. The molecule has 104 valence electrons. The van der Waals surface area contributed by atoms with Crippen LogP contribution in [0.3, 0.4) is 0 Å². The Balaban J connectivity index is 1.91. The fourth-order valence-electron chi connectivity index (χ4n) is 3.69. The second-order valence-electron chi connectivity index (χ2n) is 6.08. The maximum atomic E-state index is 12.8. The van der Waals surface area contributed by atoms with Gasteiger partial charge in [0, 0.05) is 11.8 Å². The Labute approximate surface area is 121 Å². The molecule has 2 aromatic rings. The smallest absolute Gasteiger partial charge is 0.143 e. The molecule has 1 saturated carbocycles. The topological polar surface area (TPSA) is 17.1 Å². The van der Waals surface area contributed by atoms with Gasteiger partial charge in [0.25, 0.3) is 0 Å². The molecular formula is C19H22O. The minimum absolute atomic E-state index is 0.0308. The number of carbonyl (C=O) groups is 1. The number of carbonyl (C=O) groups excluding carboxylic acids is 1. The molecule has 0 spiro atoms. The molecule has 1 aliphatic carbocycles. The molecule has 0 N–H and O–H groups in total. The highest BCUT2D eigenvalue weighted by Crippen LogP contribution is 2.42. The molecule has 0 aliphatic heterocycles. The lowest BCUT2D eigenvalue weighted by atomic mass is 9.77. The summed E-state index contributed by atoms with van der Waals surface area (Å²) < 4.78 is 0. The Bertz CT molecular complexity index is 615. The van der Waals surface area contributed by atoms with Crippen molar-refractivity contribution in [2.75, 3.05) is 0 Å². The first kappa shape index (κ1) is 13.4. The van der Waals surface area contributed by atoms with Crippen LogP contribution in [0.5, 0.6) is 0 Å². The molecule has 0 aromatic heterocycles. The van der Waals surface area contributed by atoms with Crippen LogP contribution in [0.4, 0.5) is 0 Å². The normalized spacial score (nSPS) is 17.4. The van der Waals surface area contributed by atoms with Crippen LogP contribution in [0.15, 0.2) is 42.5 Å². The van der Waals surface area contributed by atoms with Crippen LogP contribution in [-0.4, -0.2) is 5.78 Å². The third-order valence-corrected chi connectivity index (χ3v) is 5.06. The van der Waals surface area contributed by atoms with Crippen molar-refractivity contribution in [3.05, 3.63) is 48.0 Å². The SMILES string of the molecule is CCC1(C(=O)Cc2cccc3ccccc23)CCCC1. The third kappa shape index (κ3) is 2.26. The average molecular weight is 266 g/mol. The Kier molecular flexibility index (Phi) is 3.60. The Morgan fingerprint density at radius 2 is 1.75 bits per heavy atom. The molecule has 0 saturated heterocycles. The van der Waals surface area contributed by atoms with Crippen LogP contribution in [0.1, 0.15) is 44.6 Å². The van der Waals surface area contributed by atoms with Crippen LogP contribution in [0, 0.1) is 5.41 Å². The minimum atomic E-state index is -0.0308. The molecule has 1 fully saturated rings. The number of rotatable bonds is 4. The summed E-state index contributed by atoms with van der Waals surface area (Å²) in [6, 6.07) is 14.7. The molecule has 1 nitrogen and oxygen atoms in total. The summed E-state index contributed by atoms with van der Waals surface area (Å²) in [6.45, 7) is 2.17. The Hall–Kier alpha value is -1.63. The molecule has 0 amide bonds. The van der Waals surface area contributed by atoms with Crippen LogP contribution < -0.4 is 0 Å². The van der Waals surface area contributed by atoms with E-state index in [9.17, 15) is 4.79 Å². The third-order valence-electron chi connectivity index (χ3n) is 5.06. The van der Waals surface area contributed by atoms with Crippen molar-refractivity contribution in [3.63, 3.8) is 0 Å². The second-order valence-corrected chi connectivity index (χ2v) is 6.08. The number of ketones is 1. The standard InChI is InChI=1S/C19H22O/c1-2-19(12-5-6-13-19)18(20)14-16-10-7-9-15-8-3-4-11-17(15)16/h3-4,7-11H,2,5-6,12-14H2,1H3. The van der Waals surface area contributed by atoms with Crippen LogP contribution in [0.25, 0.3) is 10.8 Å². The second kappa shape index (κ2) is 5.40. The molecular weight excluding hydrogens is 244 g/mol. The predicted octanol–water partition coefficient (Wildman–Crippen LogP) is 4.92. The van der Waals surface area contributed by atoms with Gasteiger partial charge in [-0.15, -0.1) is 0 Å². The van der Waals surface area contributed by atoms with Gasteiger partial charge in [0.2, 0.25) is 0 Å². The van der Waals surface area contributed by atoms with Crippen molar-refractivity contribution in [1.82, 2.24) is 0 Å². The van der Waals surface area contributed by atoms with Crippen molar-refractivity contribution in [1.29, 1.82) is 0 Å². The lowest BCUT2D eigenvalue weighted by molar-refractivity contribution is -0.128. The molecule has 1 aliphatic rings. The quantitative estimate of drug-likeness (QED) is 0.767. The lowest BCUT2D eigenvalue weighted by Crippen LogP contribution is -2.28. The van der Waals surface area contributed by atoms with E-state index in [0.29, 0.717) is 12.2 Å². The number of benzene rings is 2. The minimum Gasteiger partial charge on any atom is -0.299 e. The van der Waals surface area contributed by atoms with Gasteiger partial charge in [0.05, 0.1) is 0 Å². The number of fused-ring (bicyclic) bond motifs is 1. The number of hydrogen-bond acceptors (Lipinski definition) is 1. The largest absolute Gasteiger partial charge is 0.299 e. The molecule has 0 radical (unpaired) electrons. The van der Waals surface area contributed by atoms with Crippen molar-refractivity contribution >= 4 is 16.6 Å². The van der Waals surface area contributed by atoms with Gasteiger partial charge in [-0.05, 0) is 35.6 Å². The summed E-state index contributed by atoms with van der Waals surface area (Å²) in [7, 11) is 0. The van der Waals surface area contributed by atoms with Gasteiger partial charge in [-0.2, -0.15) is 0 Å². The van der Waals surface area contributed by atoms with E-state index < -0.39 is 0 Å². The van der Waals surface area contributed by atoms with Crippen molar-refractivity contribution in [2.24, 2.45) is 5.41 Å². The molecule has 20 heavy (non-hydrogen) atoms. The van der Waals surface area contributed by atoms with Gasteiger partial charge >= 0.3 is 0 Å². The van der Waals surface area contributed by atoms with Crippen LogP contribution in [-0.2, 0) is 11.2 Å². The maximum Gasteiger partial charge on any atom is 0.143 e. The molecule has 0 heterocycles.